The lowest BCUT2D eigenvalue weighted by Crippen LogP contribution is -2.33. The van der Waals surface area contributed by atoms with Crippen molar-refractivity contribution in [3.63, 3.8) is 0 Å². The first-order chi connectivity index (χ1) is 14.1. The first-order valence-electron chi connectivity index (χ1n) is 8.98. The number of hydrogen-bond acceptors (Lipinski definition) is 5. The van der Waals surface area contributed by atoms with Crippen LogP contribution >= 0.6 is 11.3 Å². The van der Waals surface area contributed by atoms with E-state index in [1.165, 1.54) is 11.6 Å². The van der Waals surface area contributed by atoms with Gasteiger partial charge in [-0.05, 0) is 31.2 Å². The lowest BCUT2D eigenvalue weighted by molar-refractivity contribution is -0.115. The highest BCUT2D eigenvalue weighted by atomic mass is 32.1. The van der Waals surface area contributed by atoms with Gasteiger partial charge >= 0.3 is 0 Å². The van der Waals surface area contributed by atoms with Crippen LogP contribution in [0, 0.1) is 11.3 Å². The van der Waals surface area contributed by atoms with E-state index in [1.54, 1.807) is 30.3 Å². The summed E-state index contributed by atoms with van der Waals surface area (Å²) >= 11 is 1.10. The number of carbonyl (C=O) groups is 1. The molecule has 0 radical (unpaired) electrons. The quantitative estimate of drug-likeness (QED) is 0.698. The SMILES string of the molecule is CCOc1ccccc1C=c1sc(=C(C#N)C(=O)NC)n(-c2ccccc2)c1=O. The molecule has 146 valence electrons. The molecule has 0 unspecified atom stereocenters. The number of amides is 1. The summed E-state index contributed by atoms with van der Waals surface area (Å²) in [5.74, 6) is 0.117. The molecular weight excluding hydrogens is 386 g/mol. The summed E-state index contributed by atoms with van der Waals surface area (Å²) in [6.45, 7) is 2.39. The van der Waals surface area contributed by atoms with E-state index in [1.807, 2.05) is 43.3 Å². The van der Waals surface area contributed by atoms with Gasteiger partial charge in [-0.3, -0.25) is 14.2 Å². The van der Waals surface area contributed by atoms with Crippen LogP contribution in [0.2, 0.25) is 0 Å². The monoisotopic (exact) mass is 405 g/mol. The van der Waals surface area contributed by atoms with Gasteiger partial charge in [0, 0.05) is 12.6 Å². The Bertz CT molecular complexity index is 1250. The summed E-state index contributed by atoms with van der Waals surface area (Å²) in [5.41, 5.74) is 0.909. The molecule has 0 saturated heterocycles. The molecule has 3 rings (SSSR count). The Hall–Kier alpha value is -3.63. The van der Waals surface area contributed by atoms with Gasteiger partial charge in [-0.1, -0.05) is 36.4 Å². The summed E-state index contributed by atoms with van der Waals surface area (Å²) in [6, 6.07) is 18.3. The number of ether oxygens (including phenoxy) is 1. The second kappa shape index (κ2) is 9.04. The maximum absolute atomic E-state index is 13.2. The van der Waals surface area contributed by atoms with Crippen molar-refractivity contribution in [1.29, 1.82) is 5.26 Å². The van der Waals surface area contributed by atoms with E-state index >= 15 is 0 Å². The standard InChI is InChI=1S/C22H19N3O3S/c1-3-28-18-12-8-7-9-15(18)13-19-21(27)25(16-10-5-4-6-11-16)22(29-19)17(14-23)20(26)24-2/h4-13H,3H2,1-2H3,(H,24,26). The van der Waals surface area contributed by atoms with Crippen molar-refractivity contribution in [3.8, 4) is 17.5 Å². The number of carbonyl (C=O) groups excluding carboxylic acids is 1. The van der Waals surface area contributed by atoms with Gasteiger partial charge in [0.15, 0.2) is 5.57 Å². The number of para-hydroxylation sites is 2. The van der Waals surface area contributed by atoms with Crippen molar-refractivity contribution in [2.24, 2.45) is 0 Å². The predicted octanol–water partition coefficient (Wildman–Crippen LogP) is 1.55. The molecule has 1 heterocycles. The fourth-order valence-corrected chi connectivity index (χ4v) is 3.90. The average Bonchev–Trinajstić information content (AvgIpc) is 3.06. The largest absolute Gasteiger partial charge is 0.493 e. The van der Waals surface area contributed by atoms with Crippen LogP contribution in [0.5, 0.6) is 5.75 Å². The molecule has 0 atom stereocenters. The summed E-state index contributed by atoms with van der Waals surface area (Å²) in [4.78, 5) is 25.5. The zero-order chi connectivity index (χ0) is 20.8. The van der Waals surface area contributed by atoms with Crippen molar-refractivity contribution in [2.45, 2.75) is 6.92 Å². The molecule has 1 N–H and O–H groups in total. The van der Waals surface area contributed by atoms with Crippen LogP contribution in [0.3, 0.4) is 0 Å². The van der Waals surface area contributed by atoms with Gasteiger partial charge in [0.2, 0.25) is 0 Å². The fourth-order valence-electron chi connectivity index (χ4n) is 2.81. The minimum absolute atomic E-state index is 0.115. The van der Waals surface area contributed by atoms with E-state index in [4.69, 9.17) is 4.74 Å². The molecule has 0 saturated carbocycles. The summed E-state index contributed by atoms with van der Waals surface area (Å²) in [5, 5.41) is 12.0. The Morgan fingerprint density at radius 1 is 1.21 bits per heavy atom. The van der Waals surface area contributed by atoms with E-state index < -0.39 is 5.91 Å². The van der Waals surface area contributed by atoms with Crippen molar-refractivity contribution in [1.82, 2.24) is 9.88 Å². The summed E-state index contributed by atoms with van der Waals surface area (Å²) in [7, 11) is 1.45. The Labute approximate surface area is 171 Å². The lowest BCUT2D eigenvalue weighted by atomic mass is 10.2. The maximum Gasteiger partial charge on any atom is 0.273 e. The number of nitriles is 1. The minimum atomic E-state index is -0.542. The Balaban J connectivity index is 2.39. The number of hydrogen-bond donors (Lipinski definition) is 1. The molecule has 0 fully saturated rings. The Morgan fingerprint density at radius 3 is 2.55 bits per heavy atom. The van der Waals surface area contributed by atoms with Gasteiger partial charge in [0.1, 0.15) is 16.5 Å². The van der Waals surface area contributed by atoms with Crippen LogP contribution in [-0.4, -0.2) is 24.1 Å². The van der Waals surface area contributed by atoms with Gasteiger partial charge in [0.05, 0.1) is 16.8 Å². The lowest BCUT2D eigenvalue weighted by Gasteiger charge is -2.05. The van der Waals surface area contributed by atoms with Crippen LogP contribution in [-0.2, 0) is 4.79 Å². The second-order valence-corrected chi connectivity index (χ2v) is 6.96. The highest BCUT2D eigenvalue weighted by Crippen LogP contribution is 2.18. The topological polar surface area (TPSA) is 84.1 Å². The van der Waals surface area contributed by atoms with Crippen LogP contribution in [0.1, 0.15) is 12.5 Å². The third-order valence-corrected chi connectivity index (χ3v) is 5.22. The number of nitrogens with zero attached hydrogens (tertiary/aromatic N) is 2. The van der Waals surface area contributed by atoms with E-state index in [-0.39, 0.29) is 15.8 Å². The van der Waals surface area contributed by atoms with Gasteiger partial charge in [0.25, 0.3) is 11.5 Å². The van der Waals surface area contributed by atoms with Gasteiger partial charge < -0.3 is 10.1 Å². The molecule has 3 aromatic rings. The zero-order valence-corrected chi connectivity index (χ0v) is 16.8. The van der Waals surface area contributed by atoms with Crippen LogP contribution in [0.25, 0.3) is 17.3 Å². The van der Waals surface area contributed by atoms with Crippen LogP contribution in [0.4, 0.5) is 0 Å². The number of thiazole rings is 1. The smallest absolute Gasteiger partial charge is 0.273 e. The predicted molar refractivity (Wildman–Crippen MR) is 113 cm³/mol. The zero-order valence-electron chi connectivity index (χ0n) is 16.0. The molecule has 6 nitrogen and oxygen atoms in total. The van der Waals surface area contributed by atoms with E-state index in [0.717, 1.165) is 16.9 Å². The molecule has 0 aliphatic carbocycles. The third-order valence-electron chi connectivity index (χ3n) is 4.12. The van der Waals surface area contributed by atoms with Crippen molar-refractivity contribution >= 4 is 28.9 Å². The van der Waals surface area contributed by atoms with Gasteiger partial charge in [-0.2, -0.15) is 5.26 Å². The van der Waals surface area contributed by atoms with Crippen molar-refractivity contribution in [3.05, 3.63) is 79.7 Å². The summed E-state index contributed by atoms with van der Waals surface area (Å²) in [6.07, 6.45) is 1.72. The van der Waals surface area contributed by atoms with E-state index in [0.29, 0.717) is 22.6 Å². The van der Waals surface area contributed by atoms with Crippen LogP contribution < -0.4 is 24.8 Å². The van der Waals surface area contributed by atoms with E-state index in [2.05, 4.69) is 5.32 Å². The molecule has 0 aliphatic rings. The summed E-state index contributed by atoms with van der Waals surface area (Å²) < 4.78 is 7.71. The number of rotatable bonds is 5. The molecule has 0 spiro atoms. The number of aromatic nitrogens is 1. The Kier molecular flexibility index (Phi) is 6.27. The maximum atomic E-state index is 13.2. The fraction of sp³-hybridized carbons (Fsp3) is 0.136. The van der Waals surface area contributed by atoms with Crippen LogP contribution in [0.15, 0.2) is 59.4 Å². The molecule has 1 aromatic heterocycles. The molecule has 7 heteroatoms. The molecule has 2 aromatic carbocycles. The Morgan fingerprint density at radius 2 is 1.90 bits per heavy atom. The van der Waals surface area contributed by atoms with Crippen molar-refractivity contribution in [2.75, 3.05) is 13.7 Å². The number of nitrogens with one attached hydrogen (secondary N) is 1. The highest BCUT2D eigenvalue weighted by molar-refractivity contribution is 7.07. The minimum Gasteiger partial charge on any atom is -0.493 e. The van der Waals surface area contributed by atoms with E-state index in [9.17, 15) is 14.9 Å². The molecule has 0 bridgehead atoms. The first kappa shape index (κ1) is 20.1. The first-order valence-corrected chi connectivity index (χ1v) is 9.79. The third kappa shape index (κ3) is 4.13. The van der Waals surface area contributed by atoms with Crippen molar-refractivity contribution < 1.29 is 9.53 Å². The normalized spacial score (nSPS) is 12.2. The average molecular weight is 405 g/mol. The molecular formula is C22H19N3O3S. The highest BCUT2D eigenvalue weighted by Gasteiger charge is 2.16. The molecule has 1 amide bonds. The second-order valence-electron chi connectivity index (χ2n) is 5.93. The van der Waals surface area contributed by atoms with Gasteiger partial charge in [-0.25, -0.2) is 0 Å². The molecule has 29 heavy (non-hydrogen) atoms. The molecule has 0 aliphatic heterocycles. The number of benzene rings is 2. The van der Waals surface area contributed by atoms with Gasteiger partial charge in [-0.15, -0.1) is 11.3 Å².